The average molecular weight is 376 g/mol. The van der Waals surface area contributed by atoms with E-state index in [0.29, 0.717) is 18.1 Å². The highest BCUT2D eigenvalue weighted by atomic mass is 79.9. The molecule has 0 bridgehead atoms. The summed E-state index contributed by atoms with van der Waals surface area (Å²) in [7, 11) is 1.90. The van der Waals surface area contributed by atoms with Crippen LogP contribution >= 0.6 is 15.9 Å². The predicted octanol–water partition coefficient (Wildman–Crippen LogP) is 2.62. The van der Waals surface area contributed by atoms with Crippen molar-refractivity contribution in [3.63, 3.8) is 0 Å². The summed E-state index contributed by atoms with van der Waals surface area (Å²) in [5.74, 6) is 2.13. The molecule has 6 heteroatoms. The van der Waals surface area contributed by atoms with Crippen molar-refractivity contribution in [2.45, 2.75) is 11.6 Å². The van der Waals surface area contributed by atoms with Crippen molar-refractivity contribution in [3.05, 3.63) is 45.9 Å². The first-order valence-electron chi connectivity index (χ1n) is 7.40. The maximum atomic E-state index is 11.0. The van der Waals surface area contributed by atoms with E-state index in [0.717, 1.165) is 27.0 Å². The molecule has 3 heterocycles. The summed E-state index contributed by atoms with van der Waals surface area (Å²) in [6, 6.07) is 9.78. The van der Waals surface area contributed by atoms with E-state index in [2.05, 4.69) is 15.9 Å². The molecule has 1 N–H and O–H groups in total. The second-order valence-electron chi connectivity index (χ2n) is 6.08. The molecule has 0 aliphatic carbocycles. The zero-order valence-electron chi connectivity index (χ0n) is 12.4. The van der Waals surface area contributed by atoms with Crippen molar-refractivity contribution in [2.75, 3.05) is 25.3 Å². The fourth-order valence-corrected chi connectivity index (χ4v) is 4.63. The lowest BCUT2D eigenvalue weighted by Crippen LogP contribution is -2.45. The topological polar surface area (TPSA) is 51.2 Å². The number of aliphatic hydroxyl groups excluding tert-OH is 1. The first-order chi connectivity index (χ1) is 11.1. The quantitative estimate of drug-likeness (QED) is 0.766. The number of ether oxygens (including phenoxy) is 3. The van der Waals surface area contributed by atoms with Crippen LogP contribution in [0.15, 0.2) is 34.8 Å². The minimum atomic E-state index is -0.710. The summed E-state index contributed by atoms with van der Waals surface area (Å²) < 4.78 is 17.9. The first kappa shape index (κ1) is 13.5. The van der Waals surface area contributed by atoms with Gasteiger partial charge < -0.3 is 24.2 Å². The van der Waals surface area contributed by atoms with Gasteiger partial charge in [0, 0.05) is 34.4 Å². The van der Waals surface area contributed by atoms with E-state index in [4.69, 9.17) is 14.2 Å². The minimum Gasteiger partial charge on any atom is -0.492 e. The van der Waals surface area contributed by atoms with Gasteiger partial charge >= 0.3 is 0 Å². The van der Waals surface area contributed by atoms with Crippen LogP contribution < -0.4 is 19.1 Å². The maximum Gasteiger partial charge on any atom is 0.231 e. The molecule has 0 fully saturated rings. The third-order valence-corrected chi connectivity index (χ3v) is 5.70. The van der Waals surface area contributed by atoms with Gasteiger partial charge in [-0.3, -0.25) is 0 Å². The number of rotatable bonds is 0. The van der Waals surface area contributed by atoms with Gasteiger partial charge in [0.1, 0.15) is 24.0 Å². The standard InChI is InChI=1S/C17H14BrNO4/c1-19-11-4-2-3-10(18)15(11)17(16(19)20)7-21-12-6-14-13(5-9(12)17)22-8-23-14/h2-6,16,20H,7-8H2,1H3. The van der Waals surface area contributed by atoms with Crippen LogP contribution in [-0.2, 0) is 5.41 Å². The second-order valence-corrected chi connectivity index (χ2v) is 6.93. The van der Waals surface area contributed by atoms with Crippen LogP contribution in [0.25, 0.3) is 0 Å². The molecule has 0 saturated heterocycles. The Kier molecular flexibility index (Phi) is 2.54. The van der Waals surface area contributed by atoms with Crippen LogP contribution in [0.1, 0.15) is 11.1 Å². The molecule has 0 saturated carbocycles. The van der Waals surface area contributed by atoms with Crippen molar-refractivity contribution in [1.29, 1.82) is 0 Å². The molecule has 2 aromatic carbocycles. The Morgan fingerprint density at radius 3 is 2.78 bits per heavy atom. The highest BCUT2D eigenvalue weighted by molar-refractivity contribution is 9.10. The number of aliphatic hydroxyl groups is 1. The van der Waals surface area contributed by atoms with Crippen LogP contribution in [0.4, 0.5) is 5.69 Å². The summed E-state index contributed by atoms with van der Waals surface area (Å²) >= 11 is 3.65. The number of benzene rings is 2. The number of fused-ring (bicyclic) bond motifs is 5. The molecule has 5 rings (SSSR count). The van der Waals surface area contributed by atoms with Gasteiger partial charge in [-0.2, -0.15) is 0 Å². The van der Waals surface area contributed by atoms with E-state index < -0.39 is 11.6 Å². The summed E-state index contributed by atoms with van der Waals surface area (Å²) in [4.78, 5) is 1.89. The smallest absolute Gasteiger partial charge is 0.231 e. The zero-order valence-corrected chi connectivity index (χ0v) is 14.0. The van der Waals surface area contributed by atoms with E-state index in [1.54, 1.807) is 0 Å². The van der Waals surface area contributed by atoms with Crippen molar-refractivity contribution < 1.29 is 19.3 Å². The lowest BCUT2D eigenvalue weighted by atomic mass is 9.76. The SMILES string of the molecule is CN1c2cccc(Br)c2C2(COc3cc4c(cc32)OCO4)C1O. The Balaban J connectivity index is 1.81. The Morgan fingerprint density at radius 1 is 1.17 bits per heavy atom. The summed E-state index contributed by atoms with van der Waals surface area (Å²) in [6.07, 6.45) is -0.710. The van der Waals surface area contributed by atoms with Gasteiger partial charge in [0.25, 0.3) is 0 Å². The highest BCUT2D eigenvalue weighted by Crippen LogP contribution is 2.57. The fourth-order valence-electron chi connectivity index (χ4n) is 3.92. The molecule has 118 valence electrons. The van der Waals surface area contributed by atoms with E-state index >= 15 is 0 Å². The van der Waals surface area contributed by atoms with E-state index in [1.807, 2.05) is 42.3 Å². The number of hydrogen-bond acceptors (Lipinski definition) is 5. The third kappa shape index (κ3) is 1.50. The molecule has 0 amide bonds. The minimum absolute atomic E-state index is 0.216. The van der Waals surface area contributed by atoms with Crippen LogP contribution in [0.3, 0.4) is 0 Å². The Hall–Kier alpha value is -1.92. The summed E-state index contributed by atoms with van der Waals surface area (Å²) in [6.45, 7) is 0.598. The van der Waals surface area contributed by atoms with E-state index in [9.17, 15) is 5.11 Å². The van der Waals surface area contributed by atoms with E-state index in [-0.39, 0.29) is 6.79 Å². The molecule has 2 atom stereocenters. The molecule has 2 aromatic rings. The normalized spacial score (nSPS) is 26.4. The molecule has 2 unspecified atom stereocenters. The summed E-state index contributed by atoms with van der Waals surface area (Å²) in [5.41, 5.74) is 2.35. The largest absolute Gasteiger partial charge is 0.492 e. The number of nitrogens with zero attached hydrogens (tertiary/aromatic N) is 1. The van der Waals surface area contributed by atoms with Crippen LogP contribution in [0.5, 0.6) is 17.2 Å². The Labute approximate surface area is 141 Å². The van der Waals surface area contributed by atoms with Gasteiger partial charge in [0.15, 0.2) is 11.5 Å². The lowest BCUT2D eigenvalue weighted by molar-refractivity contribution is 0.0991. The van der Waals surface area contributed by atoms with Gasteiger partial charge in [-0.25, -0.2) is 0 Å². The van der Waals surface area contributed by atoms with Gasteiger partial charge in [-0.05, 0) is 18.2 Å². The maximum absolute atomic E-state index is 11.0. The van der Waals surface area contributed by atoms with Crippen molar-refractivity contribution >= 4 is 21.6 Å². The highest BCUT2D eigenvalue weighted by Gasteiger charge is 2.57. The van der Waals surface area contributed by atoms with Crippen molar-refractivity contribution in [3.8, 4) is 17.2 Å². The molecule has 1 spiro atoms. The molecule has 0 radical (unpaired) electrons. The van der Waals surface area contributed by atoms with Gasteiger partial charge in [0.05, 0.1) is 0 Å². The van der Waals surface area contributed by atoms with Crippen LogP contribution in [0, 0.1) is 0 Å². The molecular weight excluding hydrogens is 362 g/mol. The lowest BCUT2D eigenvalue weighted by Gasteiger charge is -2.30. The zero-order chi connectivity index (χ0) is 15.8. The molecule has 23 heavy (non-hydrogen) atoms. The number of halogens is 1. The summed E-state index contributed by atoms with van der Waals surface area (Å²) in [5, 5.41) is 11.0. The number of anilines is 1. The predicted molar refractivity (Wildman–Crippen MR) is 87.4 cm³/mol. The molecule has 5 nitrogen and oxygen atoms in total. The van der Waals surface area contributed by atoms with Crippen molar-refractivity contribution in [2.24, 2.45) is 0 Å². The van der Waals surface area contributed by atoms with Crippen LogP contribution in [-0.4, -0.2) is 31.8 Å². The molecule has 3 aliphatic heterocycles. The number of likely N-dealkylation sites (N-methyl/N-ethyl adjacent to an activating group) is 1. The monoisotopic (exact) mass is 375 g/mol. The van der Waals surface area contributed by atoms with Crippen LogP contribution in [0.2, 0.25) is 0 Å². The van der Waals surface area contributed by atoms with Gasteiger partial charge in [-0.1, -0.05) is 22.0 Å². The van der Waals surface area contributed by atoms with Gasteiger partial charge in [0.2, 0.25) is 6.79 Å². The Morgan fingerprint density at radius 2 is 1.96 bits per heavy atom. The van der Waals surface area contributed by atoms with E-state index in [1.165, 1.54) is 0 Å². The molecule has 3 aliphatic rings. The molecule has 0 aromatic heterocycles. The fraction of sp³-hybridized carbons (Fsp3) is 0.294. The van der Waals surface area contributed by atoms with Crippen molar-refractivity contribution in [1.82, 2.24) is 0 Å². The average Bonchev–Trinajstić information content (AvgIpc) is 3.20. The third-order valence-electron chi connectivity index (χ3n) is 5.04. The Bertz CT molecular complexity index is 840. The first-order valence-corrected chi connectivity index (χ1v) is 8.19. The second kappa shape index (κ2) is 4.33. The van der Waals surface area contributed by atoms with Gasteiger partial charge in [-0.15, -0.1) is 0 Å². The molecular formula is C17H14BrNO4. The number of hydrogen-bond donors (Lipinski definition) is 1.